The molecular formula is C22H37FN2OSn. The molecule has 0 unspecified atom stereocenters. The van der Waals surface area contributed by atoms with E-state index in [0.717, 1.165) is 35.7 Å². The van der Waals surface area contributed by atoms with Gasteiger partial charge in [0.1, 0.15) is 0 Å². The normalized spacial score (nSPS) is 15.6. The van der Waals surface area contributed by atoms with Crippen LogP contribution >= 0.6 is 0 Å². The van der Waals surface area contributed by atoms with Crippen LogP contribution in [-0.4, -0.2) is 29.3 Å². The van der Waals surface area contributed by atoms with Gasteiger partial charge in [-0.3, -0.25) is 0 Å². The summed E-state index contributed by atoms with van der Waals surface area (Å²) in [6.07, 6.45) is 10.5. The number of hydrogen-bond acceptors (Lipinski definition) is 2. The summed E-state index contributed by atoms with van der Waals surface area (Å²) in [6.45, 7) is 8.61. The molecule has 0 spiro atoms. The molecular weight excluding hydrogens is 446 g/mol. The number of amides is 1. The Morgan fingerprint density at radius 1 is 1.11 bits per heavy atom. The minimum absolute atomic E-state index is 0.0810. The van der Waals surface area contributed by atoms with Crippen molar-refractivity contribution in [2.75, 3.05) is 5.32 Å². The topological polar surface area (TPSA) is 42.0 Å². The van der Waals surface area contributed by atoms with Crippen molar-refractivity contribution in [3.8, 4) is 0 Å². The Morgan fingerprint density at radius 2 is 1.63 bits per heavy atom. The Hall–Kier alpha value is -0.651. The standard InChI is InChI=1S/C10H10FN2O.3C4H9.Sn/c1-10(4-5-10)9(14)13-8-7(11)3-2-6-12-8;3*1-3-4-2;/h2,6H,4-5H2,1H3,(H,12,13,14);3*1,3-4H2,2H3;. The average molecular weight is 483 g/mol. The number of unbranched alkanes of at least 4 members (excludes halogenated alkanes) is 3. The Bertz CT molecular complexity index is 609. The fraction of sp³-hybridized carbons (Fsp3) is 0.727. The van der Waals surface area contributed by atoms with Gasteiger partial charge in [0, 0.05) is 0 Å². The molecule has 1 aliphatic rings. The van der Waals surface area contributed by atoms with E-state index < -0.39 is 18.4 Å². The molecule has 0 saturated heterocycles. The third kappa shape index (κ3) is 5.67. The first-order valence-electron chi connectivity index (χ1n) is 10.9. The van der Waals surface area contributed by atoms with E-state index in [1.807, 2.05) is 13.0 Å². The van der Waals surface area contributed by atoms with Crippen molar-refractivity contribution in [1.82, 2.24) is 4.98 Å². The summed E-state index contributed by atoms with van der Waals surface area (Å²) in [5.74, 6) is -0.145. The Kier molecular flexibility index (Phi) is 8.57. The van der Waals surface area contributed by atoms with E-state index in [1.165, 1.54) is 32.6 Å². The van der Waals surface area contributed by atoms with Crippen molar-refractivity contribution in [1.29, 1.82) is 0 Å². The number of anilines is 1. The van der Waals surface area contributed by atoms with Crippen LogP contribution in [0.25, 0.3) is 0 Å². The fourth-order valence-corrected chi connectivity index (χ4v) is 20.1. The number of rotatable bonds is 12. The van der Waals surface area contributed by atoms with Gasteiger partial charge in [0.2, 0.25) is 0 Å². The summed E-state index contributed by atoms with van der Waals surface area (Å²) in [5.41, 5.74) is -0.322. The van der Waals surface area contributed by atoms with Crippen LogP contribution in [0.15, 0.2) is 12.3 Å². The van der Waals surface area contributed by atoms with Crippen LogP contribution in [0.5, 0.6) is 0 Å². The maximum absolute atomic E-state index is 15.6. The van der Waals surface area contributed by atoms with Gasteiger partial charge in [-0.15, -0.1) is 0 Å². The zero-order valence-electron chi connectivity index (χ0n) is 17.7. The number of halogens is 1. The summed E-state index contributed by atoms with van der Waals surface area (Å²) in [4.78, 5) is 16.6. The van der Waals surface area contributed by atoms with Crippen LogP contribution < -0.4 is 8.90 Å². The molecule has 3 nitrogen and oxygen atoms in total. The summed E-state index contributed by atoms with van der Waals surface area (Å²) in [6, 6.07) is 1.95. The molecule has 0 radical (unpaired) electrons. The molecule has 2 rings (SSSR count). The first-order valence-corrected chi connectivity index (χ1v) is 18.4. The van der Waals surface area contributed by atoms with E-state index >= 15 is 4.39 Å². The molecule has 0 bridgehead atoms. The number of carbonyl (C=O) groups is 1. The maximum atomic E-state index is 15.6. The predicted molar refractivity (Wildman–Crippen MR) is 115 cm³/mol. The second-order valence-electron chi connectivity index (χ2n) is 8.63. The Balaban J connectivity index is 2.37. The van der Waals surface area contributed by atoms with E-state index in [2.05, 4.69) is 31.1 Å². The van der Waals surface area contributed by atoms with E-state index in [-0.39, 0.29) is 23.0 Å². The van der Waals surface area contributed by atoms with Gasteiger partial charge in [-0.1, -0.05) is 0 Å². The minimum atomic E-state index is -2.88. The first-order chi connectivity index (χ1) is 12.9. The van der Waals surface area contributed by atoms with Crippen LogP contribution in [-0.2, 0) is 4.79 Å². The number of carbonyl (C=O) groups excluding carboxylic acids is 1. The molecule has 0 aliphatic heterocycles. The number of nitrogens with zero attached hydrogens (tertiary/aromatic N) is 1. The molecule has 0 aromatic carbocycles. The summed E-state index contributed by atoms with van der Waals surface area (Å²) < 4.78 is 20.2. The van der Waals surface area contributed by atoms with Crippen LogP contribution in [0.1, 0.15) is 79.1 Å². The zero-order valence-corrected chi connectivity index (χ0v) is 20.5. The van der Waals surface area contributed by atoms with Crippen molar-refractivity contribution >= 4 is 33.7 Å². The van der Waals surface area contributed by atoms with Gasteiger partial charge in [0.15, 0.2) is 0 Å². The molecule has 1 N–H and O–H groups in total. The third-order valence-corrected chi connectivity index (χ3v) is 21.9. The molecule has 5 heteroatoms. The number of hydrogen-bond donors (Lipinski definition) is 1. The van der Waals surface area contributed by atoms with Crippen LogP contribution in [0.3, 0.4) is 0 Å². The number of pyridine rings is 1. The Morgan fingerprint density at radius 3 is 2.07 bits per heavy atom. The quantitative estimate of drug-likeness (QED) is 0.370. The van der Waals surface area contributed by atoms with E-state index in [9.17, 15) is 4.79 Å². The van der Waals surface area contributed by atoms with Crippen molar-refractivity contribution in [3.05, 3.63) is 18.1 Å². The van der Waals surface area contributed by atoms with Crippen molar-refractivity contribution in [3.63, 3.8) is 0 Å². The third-order valence-electron chi connectivity index (χ3n) is 6.27. The molecule has 1 fully saturated rings. The van der Waals surface area contributed by atoms with E-state index in [4.69, 9.17) is 0 Å². The van der Waals surface area contributed by atoms with Crippen molar-refractivity contribution < 1.29 is 9.18 Å². The molecule has 0 atom stereocenters. The van der Waals surface area contributed by atoms with Crippen LogP contribution in [0.4, 0.5) is 10.2 Å². The van der Waals surface area contributed by atoms with Crippen molar-refractivity contribution in [2.45, 2.75) is 92.4 Å². The summed E-state index contributed by atoms with van der Waals surface area (Å²) in [7, 11) is 0. The van der Waals surface area contributed by atoms with Crippen molar-refractivity contribution in [2.24, 2.45) is 5.41 Å². The van der Waals surface area contributed by atoms with Gasteiger partial charge in [0.25, 0.3) is 0 Å². The van der Waals surface area contributed by atoms with Gasteiger partial charge in [0.05, 0.1) is 0 Å². The average Bonchev–Trinajstić information content (AvgIpc) is 3.42. The molecule has 1 saturated carbocycles. The predicted octanol–water partition coefficient (Wildman–Crippen LogP) is 6.02. The van der Waals surface area contributed by atoms with E-state index in [0.29, 0.717) is 0 Å². The molecule has 27 heavy (non-hydrogen) atoms. The number of nitrogens with one attached hydrogen (secondary N) is 1. The summed E-state index contributed by atoms with van der Waals surface area (Å²) in [5, 5.41) is 2.80. The summed E-state index contributed by atoms with van der Waals surface area (Å²) >= 11 is -2.88. The second-order valence-corrected chi connectivity index (χ2v) is 21.8. The molecule has 152 valence electrons. The van der Waals surface area contributed by atoms with Crippen LogP contribution in [0, 0.1) is 11.2 Å². The molecule has 1 aromatic rings. The fourth-order valence-electron chi connectivity index (χ4n) is 3.94. The number of aromatic nitrogens is 1. The molecule has 1 aliphatic carbocycles. The van der Waals surface area contributed by atoms with Gasteiger partial charge < -0.3 is 0 Å². The zero-order chi connectivity index (χ0) is 19.9. The molecule has 1 aromatic heterocycles. The first kappa shape index (κ1) is 22.6. The van der Waals surface area contributed by atoms with Gasteiger partial charge >= 0.3 is 169 Å². The van der Waals surface area contributed by atoms with Gasteiger partial charge in [-0.25, -0.2) is 0 Å². The van der Waals surface area contributed by atoms with Gasteiger partial charge in [-0.05, 0) is 0 Å². The monoisotopic (exact) mass is 484 g/mol. The van der Waals surface area contributed by atoms with Crippen LogP contribution in [0.2, 0.25) is 13.3 Å². The second kappa shape index (κ2) is 10.2. The van der Waals surface area contributed by atoms with Gasteiger partial charge in [-0.2, -0.15) is 0 Å². The SMILES string of the molecule is CCC[CH2][Sn]([CH2]CCC)([CH2]CCC)[c]1ccnc(NC(=O)C2(C)CC2)c1F. The Labute approximate surface area is 168 Å². The molecule has 1 amide bonds. The van der Waals surface area contributed by atoms with E-state index in [1.54, 1.807) is 6.20 Å². The molecule has 1 heterocycles.